The summed E-state index contributed by atoms with van der Waals surface area (Å²) in [5.74, 6) is 0.651. The molecule has 3 nitrogen and oxygen atoms in total. The van der Waals surface area contributed by atoms with E-state index in [1.54, 1.807) is 7.11 Å². The van der Waals surface area contributed by atoms with Crippen LogP contribution in [-0.2, 0) is 0 Å². The van der Waals surface area contributed by atoms with Crippen molar-refractivity contribution in [1.82, 2.24) is 9.55 Å². The van der Waals surface area contributed by atoms with E-state index < -0.39 is 0 Å². The Balaban J connectivity index is 2.32. The van der Waals surface area contributed by atoms with Crippen molar-refractivity contribution in [3.05, 3.63) is 51.8 Å². The lowest BCUT2D eigenvalue weighted by atomic mass is 10.2. The Labute approximate surface area is 126 Å². The molecule has 20 heavy (non-hydrogen) atoms. The number of rotatable bonds is 2. The van der Waals surface area contributed by atoms with E-state index in [-0.39, 0.29) is 0 Å². The zero-order valence-corrected chi connectivity index (χ0v) is 12.7. The number of aromatic nitrogens is 2. The predicted molar refractivity (Wildman–Crippen MR) is 84.8 cm³/mol. The lowest BCUT2D eigenvalue weighted by Crippen LogP contribution is -1.96. The van der Waals surface area contributed by atoms with Gasteiger partial charge >= 0.3 is 0 Å². The molecule has 0 aliphatic carbocycles. The first-order valence-corrected chi connectivity index (χ1v) is 6.94. The number of methoxy groups -OCH3 is 1. The fraction of sp³-hybridized carbons (Fsp3) is 0.133. The van der Waals surface area contributed by atoms with Crippen molar-refractivity contribution in [3.63, 3.8) is 0 Å². The molecule has 0 aliphatic rings. The largest absolute Gasteiger partial charge is 0.495 e. The Kier molecular flexibility index (Phi) is 3.28. The molecule has 0 spiro atoms. The summed E-state index contributed by atoms with van der Waals surface area (Å²) >= 11 is 11.6. The molecule has 0 amide bonds. The van der Waals surface area contributed by atoms with Gasteiger partial charge in [0.05, 0.1) is 28.9 Å². The summed E-state index contributed by atoms with van der Waals surface area (Å²) in [5, 5.41) is 0.565. The second kappa shape index (κ2) is 4.96. The molecule has 0 bridgehead atoms. The van der Waals surface area contributed by atoms with Gasteiger partial charge in [0, 0.05) is 0 Å². The minimum Gasteiger partial charge on any atom is -0.495 e. The van der Waals surface area contributed by atoms with Crippen LogP contribution in [0.1, 0.15) is 5.56 Å². The molecule has 0 saturated carbocycles. The number of halogens is 1. The number of aryl methyl sites for hydroxylation is 1. The second-order valence-electron chi connectivity index (χ2n) is 4.56. The van der Waals surface area contributed by atoms with Gasteiger partial charge in [0.1, 0.15) is 5.75 Å². The SMILES string of the molecule is COc1ccc(-n2c(=S)[nH]c3cccc(C)c32)cc1Cl. The number of benzene rings is 2. The minimum absolute atomic E-state index is 0.565. The zero-order valence-electron chi connectivity index (χ0n) is 11.1. The van der Waals surface area contributed by atoms with Crippen LogP contribution in [0.5, 0.6) is 5.75 Å². The van der Waals surface area contributed by atoms with Crippen molar-refractivity contribution in [2.24, 2.45) is 0 Å². The highest BCUT2D eigenvalue weighted by Crippen LogP contribution is 2.29. The first-order chi connectivity index (χ1) is 9.61. The molecule has 2 aromatic carbocycles. The van der Waals surface area contributed by atoms with Gasteiger partial charge in [-0.3, -0.25) is 4.57 Å². The summed E-state index contributed by atoms with van der Waals surface area (Å²) < 4.78 is 7.82. The summed E-state index contributed by atoms with van der Waals surface area (Å²) in [4.78, 5) is 3.22. The molecule has 3 aromatic rings. The fourth-order valence-electron chi connectivity index (χ4n) is 2.37. The highest BCUT2D eigenvalue weighted by molar-refractivity contribution is 7.71. The van der Waals surface area contributed by atoms with Gasteiger partial charge in [-0.2, -0.15) is 0 Å². The molecule has 1 N–H and O–H groups in total. The Morgan fingerprint density at radius 3 is 2.75 bits per heavy atom. The molecule has 0 fully saturated rings. The normalized spacial score (nSPS) is 10.9. The maximum atomic E-state index is 6.21. The van der Waals surface area contributed by atoms with Gasteiger partial charge in [-0.25, -0.2) is 0 Å². The molecule has 0 radical (unpaired) electrons. The van der Waals surface area contributed by atoms with Crippen LogP contribution in [0.3, 0.4) is 0 Å². The predicted octanol–water partition coefficient (Wildman–Crippen LogP) is 4.66. The van der Waals surface area contributed by atoms with Crippen LogP contribution >= 0.6 is 23.8 Å². The summed E-state index contributed by atoms with van der Waals surface area (Å²) in [6.45, 7) is 2.06. The highest BCUT2D eigenvalue weighted by Gasteiger charge is 2.10. The average Bonchev–Trinajstić information content (AvgIpc) is 2.76. The van der Waals surface area contributed by atoms with Crippen LogP contribution in [0, 0.1) is 11.7 Å². The maximum Gasteiger partial charge on any atom is 0.182 e. The molecule has 0 aliphatic heterocycles. The van der Waals surface area contributed by atoms with Gasteiger partial charge in [-0.05, 0) is 49.0 Å². The average molecular weight is 305 g/mol. The van der Waals surface area contributed by atoms with E-state index in [0.717, 1.165) is 22.3 Å². The van der Waals surface area contributed by atoms with Crippen molar-refractivity contribution < 1.29 is 4.74 Å². The number of para-hydroxylation sites is 1. The molecular formula is C15H13ClN2OS. The maximum absolute atomic E-state index is 6.21. The van der Waals surface area contributed by atoms with Crippen molar-refractivity contribution in [2.75, 3.05) is 7.11 Å². The molecule has 0 saturated heterocycles. The van der Waals surface area contributed by atoms with Gasteiger partial charge in [-0.15, -0.1) is 0 Å². The van der Waals surface area contributed by atoms with Gasteiger partial charge in [-0.1, -0.05) is 23.7 Å². The molecule has 0 atom stereocenters. The van der Waals surface area contributed by atoms with Crippen LogP contribution < -0.4 is 4.74 Å². The Morgan fingerprint density at radius 2 is 2.05 bits per heavy atom. The molecule has 5 heteroatoms. The van der Waals surface area contributed by atoms with Gasteiger partial charge in [0.15, 0.2) is 4.77 Å². The minimum atomic E-state index is 0.565. The standard InChI is InChI=1S/C15H13ClN2OS/c1-9-4-3-5-12-14(9)18(15(20)17-12)10-6-7-13(19-2)11(16)8-10/h3-8H,1-2H3,(H,17,20). The lowest BCUT2D eigenvalue weighted by Gasteiger charge is -2.09. The number of H-pyrrole nitrogens is 1. The molecule has 0 unspecified atom stereocenters. The van der Waals surface area contributed by atoms with Crippen LogP contribution in [0.25, 0.3) is 16.7 Å². The first kappa shape index (κ1) is 13.2. The van der Waals surface area contributed by atoms with Crippen molar-refractivity contribution in [2.45, 2.75) is 6.92 Å². The first-order valence-electron chi connectivity index (χ1n) is 6.16. The van der Waals surface area contributed by atoms with E-state index in [9.17, 15) is 0 Å². The number of imidazole rings is 1. The summed E-state index contributed by atoms with van der Waals surface area (Å²) in [6.07, 6.45) is 0. The van der Waals surface area contributed by atoms with E-state index in [0.29, 0.717) is 15.5 Å². The van der Waals surface area contributed by atoms with E-state index in [4.69, 9.17) is 28.6 Å². The number of fused-ring (bicyclic) bond motifs is 1. The second-order valence-corrected chi connectivity index (χ2v) is 5.35. The van der Waals surface area contributed by atoms with Gasteiger partial charge < -0.3 is 9.72 Å². The quantitative estimate of drug-likeness (QED) is 0.698. The van der Waals surface area contributed by atoms with Crippen molar-refractivity contribution in [3.8, 4) is 11.4 Å². The monoisotopic (exact) mass is 304 g/mol. The van der Waals surface area contributed by atoms with E-state index in [1.807, 2.05) is 34.9 Å². The third kappa shape index (κ3) is 2.01. The highest BCUT2D eigenvalue weighted by atomic mass is 35.5. The number of hydrogen-bond acceptors (Lipinski definition) is 2. The van der Waals surface area contributed by atoms with Crippen LogP contribution in [0.15, 0.2) is 36.4 Å². The van der Waals surface area contributed by atoms with E-state index >= 15 is 0 Å². The molecule has 3 rings (SSSR count). The van der Waals surface area contributed by atoms with Gasteiger partial charge in [0.25, 0.3) is 0 Å². The van der Waals surface area contributed by atoms with Gasteiger partial charge in [0.2, 0.25) is 0 Å². The molecular weight excluding hydrogens is 292 g/mol. The number of aromatic amines is 1. The molecule has 1 heterocycles. The number of hydrogen-bond donors (Lipinski definition) is 1. The van der Waals surface area contributed by atoms with E-state index in [1.165, 1.54) is 0 Å². The van der Waals surface area contributed by atoms with Crippen molar-refractivity contribution in [1.29, 1.82) is 0 Å². The molecule has 1 aromatic heterocycles. The molecule has 102 valence electrons. The lowest BCUT2D eigenvalue weighted by molar-refractivity contribution is 0.415. The Morgan fingerprint density at radius 1 is 1.25 bits per heavy atom. The summed E-state index contributed by atoms with van der Waals surface area (Å²) in [6, 6.07) is 11.7. The van der Waals surface area contributed by atoms with Crippen molar-refractivity contribution >= 4 is 34.9 Å². The number of ether oxygens (including phenoxy) is 1. The number of nitrogens with zero attached hydrogens (tertiary/aromatic N) is 1. The Hall–Kier alpha value is -1.78. The number of nitrogens with one attached hydrogen (secondary N) is 1. The van der Waals surface area contributed by atoms with E-state index in [2.05, 4.69) is 18.0 Å². The zero-order chi connectivity index (χ0) is 14.3. The summed E-state index contributed by atoms with van der Waals surface area (Å²) in [7, 11) is 1.60. The van der Waals surface area contributed by atoms with Crippen LogP contribution in [0.4, 0.5) is 0 Å². The smallest absolute Gasteiger partial charge is 0.182 e. The van der Waals surface area contributed by atoms with Crippen LogP contribution in [0.2, 0.25) is 5.02 Å². The third-order valence-corrected chi connectivity index (χ3v) is 3.88. The summed E-state index contributed by atoms with van der Waals surface area (Å²) in [5.41, 5.74) is 4.16. The topological polar surface area (TPSA) is 29.9 Å². The fourth-order valence-corrected chi connectivity index (χ4v) is 2.93. The Bertz CT molecular complexity index is 851. The van der Waals surface area contributed by atoms with Crippen LogP contribution in [-0.4, -0.2) is 16.7 Å². The third-order valence-electron chi connectivity index (χ3n) is 3.30.